The number of benzene rings is 3. The first kappa shape index (κ1) is 23.8. The number of aryl methyl sites for hydroxylation is 2. The molecule has 0 bridgehead atoms. The van der Waals surface area contributed by atoms with E-state index in [2.05, 4.69) is 10.2 Å². The van der Waals surface area contributed by atoms with E-state index in [0.717, 1.165) is 27.8 Å². The summed E-state index contributed by atoms with van der Waals surface area (Å²) >= 11 is 0.757. The lowest BCUT2D eigenvalue weighted by molar-refractivity contribution is -0.384. The molecular formula is C25H20N4O5S. The van der Waals surface area contributed by atoms with E-state index in [1.807, 2.05) is 32.0 Å². The number of nitro benzene ring substituents is 1. The number of hydrogen-bond acceptors (Lipinski definition) is 8. The molecule has 0 aromatic heterocycles. The molecular weight excluding hydrogens is 468 g/mol. The number of imide groups is 1. The molecule has 0 spiro atoms. The van der Waals surface area contributed by atoms with Crippen LogP contribution < -0.4 is 0 Å². The van der Waals surface area contributed by atoms with E-state index >= 15 is 0 Å². The standard InChI is InChI=1S/C25H20N4O5S/c1-15-3-6-19(11-16(15)2)26-27-20-7-10-22(30)18(12-20)13-23-24(31)28(25(32)35-23)14-17-4-8-21(9-5-17)29(33)34/h3-13,30H,14H2,1-2H3/b23-13-,27-26?. The predicted molar refractivity (Wildman–Crippen MR) is 133 cm³/mol. The topological polar surface area (TPSA) is 125 Å². The second-order valence-corrected chi connectivity index (χ2v) is 8.90. The summed E-state index contributed by atoms with van der Waals surface area (Å²) in [5, 5.41) is 29.1. The van der Waals surface area contributed by atoms with Gasteiger partial charge in [0.2, 0.25) is 0 Å². The Balaban J connectivity index is 1.53. The van der Waals surface area contributed by atoms with Crippen LogP contribution in [0.5, 0.6) is 5.75 Å². The van der Waals surface area contributed by atoms with Gasteiger partial charge >= 0.3 is 0 Å². The molecule has 1 saturated heterocycles. The second kappa shape index (κ2) is 9.90. The van der Waals surface area contributed by atoms with Crippen LogP contribution in [-0.2, 0) is 11.3 Å². The summed E-state index contributed by atoms with van der Waals surface area (Å²) in [7, 11) is 0. The molecule has 3 aromatic rings. The highest BCUT2D eigenvalue weighted by Gasteiger charge is 2.35. The van der Waals surface area contributed by atoms with E-state index in [1.165, 1.54) is 36.4 Å². The number of rotatable bonds is 6. The number of phenols is 1. The molecule has 3 aromatic carbocycles. The molecule has 2 amide bonds. The molecule has 1 N–H and O–H groups in total. The first-order valence-corrected chi connectivity index (χ1v) is 11.3. The number of carbonyl (C=O) groups is 2. The normalized spacial score (nSPS) is 14.9. The number of non-ortho nitro benzene ring substituents is 1. The fourth-order valence-corrected chi connectivity index (χ4v) is 4.14. The van der Waals surface area contributed by atoms with E-state index in [1.54, 1.807) is 12.1 Å². The number of hydrogen-bond donors (Lipinski definition) is 1. The Hall–Kier alpha value is -4.31. The van der Waals surface area contributed by atoms with Crippen molar-refractivity contribution in [1.82, 2.24) is 4.90 Å². The van der Waals surface area contributed by atoms with Crippen LogP contribution in [0.15, 0.2) is 75.8 Å². The minimum absolute atomic E-state index is 0.0177. The summed E-state index contributed by atoms with van der Waals surface area (Å²) in [4.78, 5) is 36.8. The van der Waals surface area contributed by atoms with Crippen molar-refractivity contribution >= 4 is 46.0 Å². The van der Waals surface area contributed by atoms with Crippen LogP contribution >= 0.6 is 11.8 Å². The first-order valence-electron chi connectivity index (χ1n) is 10.5. The van der Waals surface area contributed by atoms with Gasteiger partial charge in [-0.2, -0.15) is 10.2 Å². The molecule has 0 saturated carbocycles. The van der Waals surface area contributed by atoms with E-state index in [-0.39, 0.29) is 22.9 Å². The molecule has 176 valence electrons. The second-order valence-electron chi connectivity index (χ2n) is 7.90. The lowest BCUT2D eigenvalue weighted by Gasteiger charge is -2.12. The highest BCUT2D eigenvalue weighted by Crippen LogP contribution is 2.36. The Morgan fingerprint density at radius 1 is 0.971 bits per heavy atom. The molecule has 1 heterocycles. The van der Waals surface area contributed by atoms with Crippen molar-refractivity contribution in [3.8, 4) is 5.75 Å². The van der Waals surface area contributed by atoms with Crippen molar-refractivity contribution in [2.75, 3.05) is 0 Å². The molecule has 0 atom stereocenters. The van der Waals surface area contributed by atoms with Gasteiger partial charge in [-0.05, 0) is 78.7 Å². The van der Waals surface area contributed by atoms with Gasteiger partial charge in [-0.3, -0.25) is 24.6 Å². The first-order chi connectivity index (χ1) is 16.7. The van der Waals surface area contributed by atoms with Crippen LogP contribution in [0, 0.1) is 24.0 Å². The zero-order chi connectivity index (χ0) is 25.1. The van der Waals surface area contributed by atoms with Gasteiger partial charge in [-0.25, -0.2) is 0 Å². The predicted octanol–water partition coefficient (Wildman–Crippen LogP) is 6.57. The monoisotopic (exact) mass is 488 g/mol. The maximum absolute atomic E-state index is 12.9. The Morgan fingerprint density at radius 2 is 1.63 bits per heavy atom. The van der Waals surface area contributed by atoms with Crippen molar-refractivity contribution in [2.24, 2.45) is 10.2 Å². The lowest BCUT2D eigenvalue weighted by atomic mass is 10.1. The highest BCUT2D eigenvalue weighted by atomic mass is 32.2. The fourth-order valence-electron chi connectivity index (χ4n) is 3.31. The average molecular weight is 489 g/mol. The van der Waals surface area contributed by atoms with Gasteiger partial charge in [0.15, 0.2) is 0 Å². The van der Waals surface area contributed by atoms with E-state index in [0.29, 0.717) is 22.5 Å². The van der Waals surface area contributed by atoms with E-state index < -0.39 is 16.1 Å². The van der Waals surface area contributed by atoms with Crippen LogP contribution in [0.4, 0.5) is 21.9 Å². The van der Waals surface area contributed by atoms with Gasteiger partial charge in [-0.15, -0.1) is 0 Å². The van der Waals surface area contributed by atoms with Crippen molar-refractivity contribution < 1.29 is 19.6 Å². The largest absolute Gasteiger partial charge is 0.507 e. The van der Waals surface area contributed by atoms with Crippen molar-refractivity contribution in [3.05, 3.63) is 97.9 Å². The van der Waals surface area contributed by atoms with Gasteiger partial charge in [0, 0.05) is 17.7 Å². The molecule has 10 heteroatoms. The molecule has 4 rings (SSSR count). The van der Waals surface area contributed by atoms with Gasteiger partial charge in [0.05, 0.1) is 27.7 Å². The minimum Gasteiger partial charge on any atom is -0.507 e. The summed E-state index contributed by atoms with van der Waals surface area (Å²) in [6, 6.07) is 16.0. The number of azo groups is 1. The third kappa shape index (κ3) is 5.44. The van der Waals surface area contributed by atoms with Crippen LogP contribution in [0.25, 0.3) is 6.08 Å². The lowest BCUT2D eigenvalue weighted by Crippen LogP contribution is -2.27. The number of carbonyl (C=O) groups excluding carboxylic acids is 2. The van der Waals surface area contributed by atoms with Crippen molar-refractivity contribution in [3.63, 3.8) is 0 Å². The minimum atomic E-state index is -0.519. The third-order valence-electron chi connectivity index (χ3n) is 5.43. The third-order valence-corrected chi connectivity index (χ3v) is 6.34. The maximum atomic E-state index is 12.9. The zero-order valence-electron chi connectivity index (χ0n) is 18.8. The SMILES string of the molecule is Cc1ccc(N=Nc2ccc(O)c(/C=C3\SC(=O)N(Cc4ccc([N+](=O)[O-])cc4)C3=O)c2)cc1C. The van der Waals surface area contributed by atoms with Crippen LogP contribution in [0.1, 0.15) is 22.3 Å². The number of amides is 2. The fraction of sp³-hybridized carbons (Fsp3) is 0.120. The van der Waals surface area contributed by atoms with Crippen LogP contribution in [-0.4, -0.2) is 26.1 Å². The van der Waals surface area contributed by atoms with Crippen molar-refractivity contribution in [1.29, 1.82) is 0 Å². The quantitative estimate of drug-likeness (QED) is 0.181. The number of nitro groups is 1. The summed E-state index contributed by atoms with van der Waals surface area (Å²) in [6.07, 6.45) is 1.44. The van der Waals surface area contributed by atoms with Crippen molar-refractivity contribution in [2.45, 2.75) is 20.4 Å². The summed E-state index contributed by atoms with van der Waals surface area (Å²) in [5.41, 5.74) is 4.23. The van der Waals surface area contributed by atoms with Gasteiger partial charge in [0.25, 0.3) is 16.8 Å². The average Bonchev–Trinajstić information content (AvgIpc) is 3.09. The number of aromatic hydroxyl groups is 1. The van der Waals surface area contributed by atoms with Gasteiger partial charge in [0.1, 0.15) is 5.75 Å². The molecule has 1 aliphatic heterocycles. The van der Waals surface area contributed by atoms with E-state index in [9.17, 15) is 24.8 Å². The van der Waals surface area contributed by atoms with Crippen LogP contribution in [0.3, 0.4) is 0 Å². The Kier molecular flexibility index (Phi) is 6.74. The molecule has 35 heavy (non-hydrogen) atoms. The van der Waals surface area contributed by atoms with Gasteiger partial charge < -0.3 is 5.11 Å². The summed E-state index contributed by atoms with van der Waals surface area (Å²) in [6.45, 7) is 3.98. The summed E-state index contributed by atoms with van der Waals surface area (Å²) in [5.74, 6) is -0.586. The van der Waals surface area contributed by atoms with Gasteiger partial charge in [-0.1, -0.05) is 18.2 Å². The number of nitrogens with zero attached hydrogens (tertiary/aromatic N) is 4. The zero-order valence-corrected chi connectivity index (χ0v) is 19.7. The Morgan fingerprint density at radius 3 is 2.29 bits per heavy atom. The smallest absolute Gasteiger partial charge is 0.293 e. The molecule has 9 nitrogen and oxygen atoms in total. The molecule has 0 aliphatic carbocycles. The highest BCUT2D eigenvalue weighted by molar-refractivity contribution is 8.18. The number of phenolic OH excluding ortho intramolecular Hbond substituents is 1. The molecule has 0 unspecified atom stereocenters. The Labute approximate surface area is 205 Å². The number of thioether (sulfide) groups is 1. The molecule has 0 radical (unpaired) electrons. The molecule has 1 aliphatic rings. The van der Waals surface area contributed by atoms with E-state index in [4.69, 9.17) is 0 Å². The Bertz CT molecular complexity index is 1400. The van der Waals surface area contributed by atoms with Crippen LogP contribution in [0.2, 0.25) is 0 Å². The summed E-state index contributed by atoms with van der Waals surface area (Å²) < 4.78 is 0. The maximum Gasteiger partial charge on any atom is 0.293 e. The molecule has 1 fully saturated rings.